The van der Waals surface area contributed by atoms with Gasteiger partial charge >= 0.3 is 0 Å². The zero-order valence-corrected chi connectivity index (χ0v) is 17.3. The molecule has 1 fully saturated rings. The highest BCUT2D eigenvalue weighted by atomic mass is 16.5. The number of hydroxylamine groups is 1. The topological polar surface area (TPSA) is 104 Å². The lowest BCUT2D eigenvalue weighted by atomic mass is 9.84. The van der Waals surface area contributed by atoms with Crippen LogP contribution in [-0.2, 0) is 4.79 Å². The molecular formula is C21H31N5O3. The summed E-state index contributed by atoms with van der Waals surface area (Å²) in [5, 5.41) is 13.0. The summed E-state index contributed by atoms with van der Waals surface area (Å²) in [5.41, 5.74) is 2.48. The van der Waals surface area contributed by atoms with Gasteiger partial charge in [0.15, 0.2) is 0 Å². The Balaban J connectivity index is 1.66. The molecule has 1 aliphatic rings. The number of rotatable bonds is 9. The summed E-state index contributed by atoms with van der Waals surface area (Å²) in [6.45, 7) is 0. The van der Waals surface area contributed by atoms with Crippen molar-refractivity contribution in [3.63, 3.8) is 0 Å². The average molecular weight is 402 g/mol. The van der Waals surface area contributed by atoms with Gasteiger partial charge in [0.2, 0.25) is 17.6 Å². The molecule has 8 heteroatoms. The third kappa shape index (κ3) is 6.00. The Morgan fingerprint density at radius 1 is 1.31 bits per heavy atom. The Morgan fingerprint density at radius 3 is 2.76 bits per heavy atom. The summed E-state index contributed by atoms with van der Waals surface area (Å²) in [6.07, 6.45) is 11.4. The maximum absolute atomic E-state index is 11.8. The predicted octanol–water partition coefficient (Wildman–Crippen LogP) is 3.93. The number of anilines is 1. The molecule has 3 rings (SSSR count). The first-order valence-electron chi connectivity index (χ1n) is 10.5. The highest BCUT2D eigenvalue weighted by Gasteiger charge is 2.23. The van der Waals surface area contributed by atoms with E-state index in [0.29, 0.717) is 11.7 Å². The van der Waals surface area contributed by atoms with Crippen molar-refractivity contribution in [3.05, 3.63) is 24.2 Å². The fraction of sp³-hybridized carbons (Fsp3) is 0.619. The number of carbonyl (C=O) groups excluding carboxylic acids is 1. The van der Waals surface area contributed by atoms with E-state index in [4.69, 9.17) is 9.73 Å². The second-order valence-electron chi connectivity index (χ2n) is 8.13. The Kier molecular flexibility index (Phi) is 7.57. The van der Waals surface area contributed by atoms with Crippen molar-refractivity contribution >= 4 is 11.7 Å². The summed E-state index contributed by atoms with van der Waals surface area (Å²) >= 11 is 0. The smallest absolute Gasteiger partial charge is 0.244 e. The molecule has 1 saturated carbocycles. The first-order chi connectivity index (χ1) is 14.1. The lowest BCUT2D eigenvalue weighted by molar-refractivity contribution is -0.129. The number of nitrogens with one attached hydrogen (secondary N) is 1. The van der Waals surface area contributed by atoms with Gasteiger partial charge in [0.05, 0.1) is 0 Å². The Morgan fingerprint density at radius 2 is 2.10 bits per heavy atom. The molecule has 0 saturated heterocycles. The maximum atomic E-state index is 11.8. The van der Waals surface area contributed by atoms with Crippen LogP contribution in [0.3, 0.4) is 0 Å². The van der Waals surface area contributed by atoms with Crippen LogP contribution in [0.2, 0.25) is 0 Å². The van der Waals surface area contributed by atoms with E-state index in [1.165, 1.54) is 32.1 Å². The number of aromatic nitrogens is 3. The molecule has 29 heavy (non-hydrogen) atoms. The molecule has 0 unspecified atom stereocenters. The number of amides is 1. The van der Waals surface area contributed by atoms with Crippen LogP contribution in [0.25, 0.3) is 11.4 Å². The first-order valence-corrected chi connectivity index (χ1v) is 10.5. The van der Waals surface area contributed by atoms with Gasteiger partial charge in [-0.15, -0.1) is 0 Å². The summed E-state index contributed by atoms with van der Waals surface area (Å²) in [4.78, 5) is 22.6. The molecule has 0 radical (unpaired) electrons. The summed E-state index contributed by atoms with van der Waals surface area (Å²) in [6, 6.07) is 3.79. The lowest BCUT2D eigenvalue weighted by Crippen LogP contribution is -2.21. The number of carbonyl (C=O) groups is 1. The third-order valence-corrected chi connectivity index (χ3v) is 5.70. The molecular weight excluding hydrogens is 370 g/mol. The summed E-state index contributed by atoms with van der Waals surface area (Å²) in [7, 11) is 3.86. The van der Waals surface area contributed by atoms with Crippen molar-refractivity contribution in [2.75, 3.05) is 19.0 Å². The van der Waals surface area contributed by atoms with Crippen LogP contribution in [0.1, 0.15) is 69.6 Å². The van der Waals surface area contributed by atoms with Crippen LogP contribution in [0.4, 0.5) is 5.82 Å². The summed E-state index contributed by atoms with van der Waals surface area (Å²) < 4.78 is 5.49. The molecule has 0 aliphatic heterocycles. The SMILES string of the molecule is CN(C)c1ccc(-c2noc([C@H](CCCC3CCCCC3)CC(=O)NO)n2)cn1. The molecule has 2 aromatic heterocycles. The fourth-order valence-corrected chi connectivity index (χ4v) is 4.01. The molecule has 158 valence electrons. The highest BCUT2D eigenvalue weighted by Crippen LogP contribution is 2.31. The van der Waals surface area contributed by atoms with Crippen LogP contribution in [0.5, 0.6) is 0 Å². The number of pyridine rings is 1. The van der Waals surface area contributed by atoms with Gasteiger partial charge < -0.3 is 9.42 Å². The van der Waals surface area contributed by atoms with E-state index in [2.05, 4.69) is 15.1 Å². The van der Waals surface area contributed by atoms with E-state index in [0.717, 1.165) is 36.6 Å². The van der Waals surface area contributed by atoms with Gasteiger partial charge in [-0.05, 0) is 24.5 Å². The molecule has 0 aromatic carbocycles. The van der Waals surface area contributed by atoms with Crippen LogP contribution in [0.15, 0.2) is 22.9 Å². The van der Waals surface area contributed by atoms with Gasteiger partial charge in [-0.2, -0.15) is 4.98 Å². The minimum Gasteiger partial charge on any atom is -0.363 e. The lowest BCUT2D eigenvalue weighted by Gasteiger charge is -2.22. The predicted molar refractivity (Wildman–Crippen MR) is 110 cm³/mol. The van der Waals surface area contributed by atoms with Crippen molar-refractivity contribution < 1.29 is 14.5 Å². The monoisotopic (exact) mass is 401 g/mol. The van der Waals surface area contributed by atoms with Gasteiger partial charge in [-0.25, -0.2) is 10.5 Å². The molecule has 1 aliphatic carbocycles. The molecule has 1 atom stereocenters. The van der Waals surface area contributed by atoms with Gasteiger partial charge in [0.25, 0.3) is 0 Å². The second-order valence-corrected chi connectivity index (χ2v) is 8.13. The van der Waals surface area contributed by atoms with E-state index >= 15 is 0 Å². The van der Waals surface area contributed by atoms with Crippen LogP contribution in [0, 0.1) is 5.92 Å². The van der Waals surface area contributed by atoms with Crippen molar-refractivity contribution in [2.45, 2.75) is 63.7 Å². The number of hydrogen-bond acceptors (Lipinski definition) is 7. The minimum absolute atomic E-state index is 0.126. The average Bonchev–Trinajstić information content (AvgIpc) is 3.24. The Hall–Kier alpha value is -2.48. The van der Waals surface area contributed by atoms with Crippen LogP contribution in [-0.4, -0.2) is 40.3 Å². The van der Waals surface area contributed by atoms with Gasteiger partial charge in [0, 0.05) is 38.2 Å². The molecule has 2 aromatic rings. The molecule has 2 N–H and O–H groups in total. The van der Waals surface area contributed by atoms with Gasteiger partial charge in [0.1, 0.15) is 5.82 Å². The number of hydrogen-bond donors (Lipinski definition) is 2. The normalized spacial score (nSPS) is 15.8. The third-order valence-electron chi connectivity index (χ3n) is 5.70. The fourth-order valence-electron chi connectivity index (χ4n) is 4.01. The molecule has 8 nitrogen and oxygen atoms in total. The van der Waals surface area contributed by atoms with Crippen molar-refractivity contribution in [2.24, 2.45) is 5.92 Å². The van der Waals surface area contributed by atoms with E-state index in [-0.39, 0.29) is 12.3 Å². The van der Waals surface area contributed by atoms with Crippen molar-refractivity contribution in [1.82, 2.24) is 20.6 Å². The molecule has 2 heterocycles. The molecule has 0 spiro atoms. The van der Waals surface area contributed by atoms with Crippen LogP contribution < -0.4 is 10.4 Å². The highest BCUT2D eigenvalue weighted by molar-refractivity contribution is 5.75. The zero-order valence-electron chi connectivity index (χ0n) is 17.3. The van der Waals surface area contributed by atoms with E-state index in [9.17, 15) is 4.79 Å². The molecule has 0 bridgehead atoms. The quantitative estimate of drug-likeness (QED) is 0.484. The van der Waals surface area contributed by atoms with Crippen molar-refractivity contribution in [3.8, 4) is 11.4 Å². The van der Waals surface area contributed by atoms with Crippen LogP contribution >= 0.6 is 0 Å². The summed E-state index contributed by atoms with van der Waals surface area (Å²) in [5.74, 6) is 1.88. The van der Waals surface area contributed by atoms with E-state index in [1.54, 1.807) is 11.7 Å². The zero-order chi connectivity index (χ0) is 20.6. The first kappa shape index (κ1) is 21.2. The standard InChI is InChI=1S/C21H31N5O3/c1-26(2)18-12-11-17(14-22-18)20-23-21(29-25-20)16(13-19(27)24-28)10-6-9-15-7-4-3-5-8-15/h11-12,14-16,28H,3-10,13H2,1-2H3,(H,24,27)/t16-/m1/s1. The largest absolute Gasteiger partial charge is 0.363 e. The van der Waals surface area contributed by atoms with Crippen molar-refractivity contribution in [1.29, 1.82) is 0 Å². The van der Waals surface area contributed by atoms with Gasteiger partial charge in [-0.1, -0.05) is 50.1 Å². The second kappa shape index (κ2) is 10.3. The minimum atomic E-state index is -0.440. The maximum Gasteiger partial charge on any atom is 0.244 e. The Labute approximate surface area is 171 Å². The number of nitrogens with zero attached hydrogens (tertiary/aromatic N) is 4. The molecule has 1 amide bonds. The van der Waals surface area contributed by atoms with Gasteiger partial charge in [-0.3, -0.25) is 10.0 Å². The van der Waals surface area contributed by atoms with E-state index < -0.39 is 5.91 Å². The Bertz CT molecular complexity index is 769. The van der Waals surface area contributed by atoms with E-state index in [1.807, 2.05) is 31.1 Å².